The zero-order valence-electron chi connectivity index (χ0n) is 8.91. The minimum atomic E-state index is -3.37. The molecule has 7 heteroatoms. The van der Waals surface area contributed by atoms with Gasteiger partial charge in [0.1, 0.15) is 4.90 Å². The van der Waals surface area contributed by atoms with Gasteiger partial charge in [-0.25, -0.2) is 8.42 Å². The first kappa shape index (κ1) is 11.6. The van der Waals surface area contributed by atoms with Gasteiger partial charge in [0, 0.05) is 19.3 Å². The third kappa shape index (κ3) is 2.11. The molecule has 0 amide bonds. The summed E-state index contributed by atoms with van der Waals surface area (Å²) >= 11 is 0. The first-order valence-electron chi connectivity index (χ1n) is 5.28. The molecule has 0 spiro atoms. The van der Waals surface area contributed by atoms with E-state index in [2.05, 4.69) is 5.10 Å². The van der Waals surface area contributed by atoms with Crippen molar-refractivity contribution in [3.8, 4) is 0 Å². The van der Waals surface area contributed by atoms with E-state index in [1.807, 2.05) is 0 Å². The van der Waals surface area contributed by atoms with Crippen LogP contribution in [0.1, 0.15) is 12.8 Å². The standard InChI is InChI=1S/C9H15N3O3S/c13-6-5-11-8-9(7-10-11)16(14,15)12-3-1-2-4-12/h7-8,13H,1-6H2. The summed E-state index contributed by atoms with van der Waals surface area (Å²) in [5.41, 5.74) is 0. The Kier molecular flexibility index (Phi) is 3.27. The van der Waals surface area contributed by atoms with Crippen molar-refractivity contribution in [2.75, 3.05) is 19.7 Å². The Hall–Kier alpha value is -0.920. The summed E-state index contributed by atoms with van der Waals surface area (Å²) in [5, 5.41) is 12.6. The molecule has 0 unspecified atom stereocenters. The SMILES string of the molecule is O=S(=O)(c1cnn(CCO)c1)N1CCCC1. The second kappa shape index (κ2) is 4.52. The molecule has 1 aliphatic rings. The number of rotatable bonds is 4. The summed E-state index contributed by atoms with van der Waals surface area (Å²) < 4.78 is 27.0. The fourth-order valence-electron chi connectivity index (χ4n) is 1.78. The highest BCUT2D eigenvalue weighted by molar-refractivity contribution is 7.89. The zero-order valence-corrected chi connectivity index (χ0v) is 9.73. The Balaban J connectivity index is 2.21. The molecule has 1 N–H and O–H groups in total. The van der Waals surface area contributed by atoms with E-state index in [-0.39, 0.29) is 11.5 Å². The maximum Gasteiger partial charge on any atom is 0.246 e. The van der Waals surface area contributed by atoms with Gasteiger partial charge in [0.05, 0.1) is 19.3 Å². The average Bonchev–Trinajstić information content (AvgIpc) is 2.88. The van der Waals surface area contributed by atoms with E-state index >= 15 is 0 Å². The molecule has 0 bridgehead atoms. The van der Waals surface area contributed by atoms with Crippen LogP contribution in [0.5, 0.6) is 0 Å². The summed E-state index contributed by atoms with van der Waals surface area (Å²) in [7, 11) is -3.37. The first-order valence-corrected chi connectivity index (χ1v) is 6.72. The largest absolute Gasteiger partial charge is 0.394 e. The molecule has 1 aliphatic heterocycles. The van der Waals surface area contributed by atoms with Gasteiger partial charge in [0.25, 0.3) is 0 Å². The maximum atomic E-state index is 12.1. The minimum Gasteiger partial charge on any atom is -0.394 e. The van der Waals surface area contributed by atoms with Crippen LogP contribution in [-0.2, 0) is 16.6 Å². The van der Waals surface area contributed by atoms with Crippen LogP contribution in [0, 0.1) is 0 Å². The molecule has 1 saturated heterocycles. The average molecular weight is 245 g/mol. The number of sulfonamides is 1. The second-order valence-corrected chi connectivity index (χ2v) is 5.71. The van der Waals surface area contributed by atoms with Crippen LogP contribution in [-0.4, -0.2) is 47.3 Å². The lowest BCUT2D eigenvalue weighted by molar-refractivity contribution is 0.269. The fraction of sp³-hybridized carbons (Fsp3) is 0.667. The topological polar surface area (TPSA) is 75.4 Å². The van der Waals surface area contributed by atoms with E-state index in [9.17, 15) is 8.42 Å². The van der Waals surface area contributed by atoms with Crippen LogP contribution in [0.25, 0.3) is 0 Å². The molecular formula is C9H15N3O3S. The molecule has 1 fully saturated rings. The lowest BCUT2D eigenvalue weighted by atomic mass is 10.4. The van der Waals surface area contributed by atoms with Crippen molar-refractivity contribution in [1.82, 2.24) is 14.1 Å². The molecule has 0 aliphatic carbocycles. The van der Waals surface area contributed by atoms with E-state index in [1.165, 1.54) is 21.4 Å². The fourth-order valence-corrected chi connectivity index (χ4v) is 3.25. The highest BCUT2D eigenvalue weighted by atomic mass is 32.2. The molecule has 0 atom stereocenters. The molecule has 0 aromatic carbocycles. The van der Waals surface area contributed by atoms with Crippen LogP contribution in [0.15, 0.2) is 17.3 Å². The number of aliphatic hydroxyl groups is 1. The van der Waals surface area contributed by atoms with Crippen LogP contribution in [0.2, 0.25) is 0 Å². The Morgan fingerprint density at radius 2 is 2.06 bits per heavy atom. The molecule has 1 aromatic rings. The molecule has 16 heavy (non-hydrogen) atoms. The van der Waals surface area contributed by atoms with Crippen molar-refractivity contribution in [3.05, 3.63) is 12.4 Å². The lowest BCUT2D eigenvalue weighted by Gasteiger charge is -2.13. The Labute approximate surface area is 94.5 Å². The number of aliphatic hydroxyl groups excluding tert-OH is 1. The maximum absolute atomic E-state index is 12.1. The number of aromatic nitrogens is 2. The predicted molar refractivity (Wildman–Crippen MR) is 57.3 cm³/mol. The molecule has 0 radical (unpaired) electrons. The van der Waals surface area contributed by atoms with E-state index < -0.39 is 10.0 Å². The Morgan fingerprint density at radius 3 is 2.69 bits per heavy atom. The summed E-state index contributed by atoms with van der Waals surface area (Å²) in [6.07, 6.45) is 4.64. The van der Waals surface area contributed by atoms with Crippen LogP contribution in [0.3, 0.4) is 0 Å². The Bertz CT molecular complexity index is 448. The second-order valence-electron chi connectivity index (χ2n) is 3.77. The molecule has 0 saturated carbocycles. The van der Waals surface area contributed by atoms with E-state index in [1.54, 1.807) is 0 Å². The van der Waals surface area contributed by atoms with Gasteiger partial charge in [-0.15, -0.1) is 0 Å². The van der Waals surface area contributed by atoms with Gasteiger partial charge in [0.2, 0.25) is 10.0 Å². The predicted octanol–water partition coefficient (Wildman–Crippen LogP) is -0.340. The Morgan fingerprint density at radius 1 is 1.38 bits per heavy atom. The van der Waals surface area contributed by atoms with Gasteiger partial charge in [0.15, 0.2) is 0 Å². The van der Waals surface area contributed by atoms with Gasteiger partial charge in [-0.05, 0) is 12.8 Å². The summed E-state index contributed by atoms with van der Waals surface area (Å²) in [5.74, 6) is 0. The smallest absolute Gasteiger partial charge is 0.246 e. The highest BCUT2D eigenvalue weighted by Gasteiger charge is 2.28. The summed E-state index contributed by atoms with van der Waals surface area (Å²) in [6, 6.07) is 0. The quantitative estimate of drug-likeness (QED) is 0.787. The molecule has 2 heterocycles. The third-order valence-corrected chi connectivity index (χ3v) is 4.49. The monoisotopic (exact) mass is 245 g/mol. The van der Waals surface area contributed by atoms with Crippen LogP contribution >= 0.6 is 0 Å². The number of hydrogen-bond donors (Lipinski definition) is 1. The van der Waals surface area contributed by atoms with Crippen molar-refractivity contribution < 1.29 is 13.5 Å². The van der Waals surface area contributed by atoms with Crippen LogP contribution in [0.4, 0.5) is 0 Å². The summed E-state index contributed by atoms with van der Waals surface area (Å²) in [6.45, 7) is 1.45. The molecule has 90 valence electrons. The normalized spacial score (nSPS) is 18.1. The lowest BCUT2D eigenvalue weighted by Crippen LogP contribution is -2.27. The number of nitrogens with zero attached hydrogens (tertiary/aromatic N) is 3. The van der Waals surface area contributed by atoms with Crippen molar-refractivity contribution in [2.24, 2.45) is 0 Å². The van der Waals surface area contributed by atoms with Gasteiger partial charge in [-0.2, -0.15) is 9.40 Å². The third-order valence-electron chi connectivity index (χ3n) is 2.64. The van der Waals surface area contributed by atoms with Crippen molar-refractivity contribution in [3.63, 3.8) is 0 Å². The summed E-state index contributed by atoms with van der Waals surface area (Å²) in [4.78, 5) is 0.211. The van der Waals surface area contributed by atoms with E-state index in [0.717, 1.165) is 12.8 Å². The van der Waals surface area contributed by atoms with Gasteiger partial charge < -0.3 is 5.11 Å². The van der Waals surface area contributed by atoms with Gasteiger partial charge in [-0.1, -0.05) is 0 Å². The van der Waals surface area contributed by atoms with Crippen molar-refractivity contribution in [1.29, 1.82) is 0 Å². The first-order chi connectivity index (χ1) is 7.64. The van der Waals surface area contributed by atoms with Crippen molar-refractivity contribution >= 4 is 10.0 Å². The van der Waals surface area contributed by atoms with Gasteiger partial charge >= 0.3 is 0 Å². The van der Waals surface area contributed by atoms with E-state index in [4.69, 9.17) is 5.11 Å². The minimum absolute atomic E-state index is 0.0507. The zero-order chi connectivity index (χ0) is 11.6. The van der Waals surface area contributed by atoms with E-state index in [0.29, 0.717) is 19.6 Å². The number of hydrogen-bond acceptors (Lipinski definition) is 4. The van der Waals surface area contributed by atoms with Gasteiger partial charge in [-0.3, -0.25) is 4.68 Å². The molecule has 6 nitrogen and oxygen atoms in total. The molecule has 1 aromatic heterocycles. The van der Waals surface area contributed by atoms with Crippen LogP contribution < -0.4 is 0 Å². The molecule has 2 rings (SSSR count). The van der Waals surface area contributed by atoms with Crippen molar-refractivity contribution in [2.45, 2.75) is 24.3 Å². The molecular weight excluding hydrogens is 230 g/mol. The highest BCUT2D eigenvalue weighted by Crippen LogP contribution is 2.19.